The van der Waals surface area contributed by atoms with E-state index in [4.69, 9.17) is 5.26 Å². The molecule has 1 aromatic carbocycles. The Labute approximate surface area is 121 Å². The summed E-state index contributed by atoms with van der Waals surface area (Å²) < 4.78 is 1.17. The van der Waals surface area contributed by atoms with Gasteiger partial charge in [-0.05, 0) is 38.1 Å². The number of nitroso groups, excluding NO2 is 1. The molecule has 2 aromatic rings. The second kappa shape index (κ2) is 5.59. The van der Waals surface area contributed by atoms with E-state index in [9.17, 15) is 9.70 Å². The van der Waals surface area contributed by atoms with Crippen LogP contribution in [0, 0.1) is 37.0 Å². The molecule has 0 bridgehead atoms. The number of aryl methyl sites for hydroxylation is 1. The number of benzene rings is 1. The molecule has 0 amide bonds. The average molecular weight is 282 g/mol. The highest BCUT2D eigenvalue weighted by atomic mass is 16.3. The molecule has 2 rings (SSSR count). The summed E-state index contributed by atoms with van der Waals surface area (Å²) in [5, 5.41) is 12.0. The van der Waals surface area contributed by atoms with Gasteiger partial charge >= 0.3 is 0 Å². The van der Waals surface area contributed by atoms with Gasteiger partial charge < -0.3 is 0 Å². The van der Waals surface area contributed by atoms with Crippen LogP contribution in [0.1, 0.15) is 22.4 Å². The summed E-state index contributed by atoms with van der Waals surface area (Å²) >= 11 is 0. The van der Waals surface area contributed by atoms with Crippen molar-refractivity contribution in [1.82, 2.24) is 4.68 Å². The summed E-state index contributed by atoms with van der Waals surface area (Å²) in [7, 11) is 0. The third-order valence-electron chi connectivity index (χ3n) is 3.32. The number of nitrogens with one attached hydrogen (secondary N) is 1. The average Bonchev–Trinajstić information content (AvgIpc) is 2.46. The minimum Gasteiger partial charge on any atom is -0.291 e. The SMILES string of the molecule is Cc1ccc(Nn2c(C)c(N=O)c(C)c(C#N)c2=O)cc1. The number of pyridine rings is 1. The number of nitrogens with zero attached hydrogens (tertiary/aromatic N) is 3. The molecule has 0 unspecified atom stereocenters. The maximum absolute atomic E-state index is 12.3. The van der Waals surface area contributed by atoms with Crippen molar-refractivity contribution < 1.29 is 0 Å². The van der Waals surface area contributed by atoms with Gasteiger partial charge in [0.15, 0.2) is 0 Å². The molecule has 0 aliphatic carbocycles. The number of nitriles is 1. The first-order chi connectivity index (χ1) is 9.99. The van der Waals surface area contributed by atoms with Gasteiger partial charge in [-0.15, -0.1) is 4.91 Å². The molecule has 6 nitrogen and oxygen atoms in total. The molecule has 6 heteroatoms. The minimum absolute atomic E-state index is 0.0881. The van der Waals surface area contributed by atoms with E-state index in [0.717, 1.165) is 5.56 Å². The number of aromatic nitrogens is 1. The molecule has 1 N–H and O–H groups in total. The molecule has 0 aliphatic rings. The van der Waals surface area contributed by atoms with Crippen molar-refractivity contribution >= 4 is 11.4 Å². The molecule has 21 heavy (non-hydrogen) atoms. The highest BCUT2D eigenvalue weighted by Crippen LogP contribution is 2.24. The smallest absolute Gasteiger partial charge is 0.287 e. The molecule has 1 aromatic heterocycles. The van der Waals surface area contributed by atoms with E-state index in [2.05, 4.69) is 10.6 Å². The van der Waals surface area contributed by atoms with E-state index in [0.29, 0.717) is 16.9 Å². The summed E-state index contributed by atoms with van der Waals surface area (Å²) in [5.41, 5.74) is 4.84. The Morgan fingerprint density at radius 3 is 2.33 bits per heavy atom. The van der Waals surface area contributed by atoms with Crippen LogP contribution in [-0.4, -0.2) is 4.68 Å². The van der Waals surface area contributed by atoms with E-state index in [-0.39, 0.29) is 11.3 Å². The normalized spacial score (nSPS) is 10.0. The van der Waals surface area contributed by atoms with Crippen molar-refractivity contribution in [2.75, 3.05) is 5.43 Å². The Bertz CT molecular complexity index is 798. The predicted molar refractivity (Wildman–Crippen MR) is 80.5 cm³/mol. The molecule has 106 valence electrons. The number of hydrogen-bond donors (Lipinski definition) is 1. The van der Waals surface area contributed by atoms with Gasteiger partial charge in [0.1, 0.15) is 17.3 Å². The second-order valence-corrected chi connectivity index (χ2v) is 4.76. The van der Waals surface area contributed by atoms with E-state index in [1.165, 1.54) is 4.68 Å². The first-order valence-corrected chi connectivity index (χ1v) is 6.33. The van der Waals surface area contributed by atoms with Crippen molar-refractivity contribution in [2.24, 2.45) is 5.18 Å². The zero-order chi connectivity index (χ0) is 15.6. The van der Waals surface area contributed by atoms with Crippen molar-refractivity contribution in [1.29, 1.82) is 5.26 Å². The molecule has 0 radical (unpaired) electrons. The van der Waals surface area contributed by atoms with Crippen LogP contribution in [0.15, 0.2) is 34.2 Å². The van der Waals surface area contributed by atoms with Crippen molar-refractivity contribution in [2.45, 2.75) is 20.8 Å². The van der Waals surface area contributed by atoms with Crippen LogP contribution in [0.2, 0.25) is 0 Å². The maximum Gasteiger partial charge on any atom is 0.287 e. The Hall–Kier alpha value is -2.94. The summed E-state index contributed by atoms with van der Waals surface area (Å²) in [6.07, 6.45) is 0. The second-order valence-electron chi connectivity index (χ2n) is 4.76. The zero-order valence-electron chi connectivity index (χ0n) is 12.0. The molecule has 1 heterocycles. The fraction of sp³-hybridized carbons (Fsp3) is 0.200. The van der Waals surface area contributed by atoms with Crippen molar-refractivity contribution in [3.63, 3.8) is 0 Å². The first kappa shape index (κ1) is 14.5. The molecule has 0 saturated carbocycles. The Morgan fingerprint density at radius 1 is 1.19 bits per heavy atom. The lowest BCUT2D eigenvalue weighted by molar-refractivity contribution is 0.844. The number of hydrogen-bond acceptors (Lipinski definition) is 5. The number of anilines is 1. The molecule has 0 fully saturated rings. The lowest BCUT2D eigenvalue weighted by atomic mass is 10.1. The third kappa shape index (κ3) is 2.54. The van der Waals surface area contributed by atoms with E-state index >= 15 is 0 Å². The molecule has 0 aliphatic heterocycles. The van der Waals surface area contributed by atoms with Gasteiger partial charge in [-0.25, -0.2) is 4.68 Å². The molecule has 0 saturated heterocycles. The Kier molecular flexibility index (Phi) is 3.85. The van der Waals surface area contributed by atoms with Crippen LogP contribution in [-0.2, 0) is 0 Å². The quantitative estimate of drug-likeness (QED) is 0.877. The van der Waals surface area contributed by atoms with E-state index in [1.807, 2.05) is 25.1 Å². The largest absolute Gasteiger partial charge is 0.291 e. The Balaban J connectivity index is 2.63. The minimum atomic E-state index is -0.500. The van der Waals surface area contributed by atoms with Crippen LogP contribution in [0.5, 0.6) is 0 Å². The van der Waals surface area contributed by atoms with Crippen LogP contribution in [0.3, 0.4) is 0 Å². The summed E-state index contributed by atoms with van der Waals surface area (Å²) in [5.74, 6) is 0. The van der Waals surface area contributed by atoms with Crippen LogP contribution in [0.4, 0.5) is 11.4 Å². The summed E-state index contributed by atoms with van der Waals surface area (Å²) in [6.45, 7) is 5.10. The van der Waals surface area contributed by atoms with Gasteiger partial charge in [-0.1, -0.05) is 17.7 Å². The van der Waals surface area contributed by atoms with Crippen LogP contribution < -0.4 is 11.0 Å². The fourth-order valence-corrected chi connectivity index (χ4v) is 2.08. The maximum atomic E-state index is 12.3. The van der Waals surface area contributed by atoms with Gasteiger partial charge in [-0.3, -0.25) is 10.2 Å². The Morgan fingerprint density at radius 2 is 1.81 bits per heavy atom. The highest BCUT2D eigenvalue weighted by Gasteiger charge is 2.17. The summed E-state index contributed by atoms with van der Waals surface area (Å²) in [4.78, 5) is 23.3. The summed E-state index contributed by atoms with van der Waals surface area (Å²) in [6, 6.07) is 9.22. The van der Waals surface area contributed by atoms with E-state index in [1.54, 1.807) is 26.0 Å². The van der Waals surface area contributed by atoms with Crippen LogP contribution >= 0.6 is 0 Å². The zero-order valence-corrected chi connectivity index (χ0v) is 12.0. The standard InChI is InChI=1S/C15H14N4O2/c1-9-4-6-12(7-5-9)17-19-11(3)14(18-21)10(2)13(8-16)15(19)20/h4-7,17H,1-3H3. The van der Waals surface area contributed by atoms with Crippen molar-refractivity contribution in [3.8, 4) is 6.07 Å². The van der Waals surface area contributed by atoms with Crippen molar-refractivity contribution in [3.05, 3.63) is 61.9 Å². The molecule has 0 spiro atoms. The monoisotopic (exact) mass is 282 g/mol. The molecular weight excluding hydrogens is 268 g/mol. The molecular formula is C15H14N4O2. The van der Waals surface area contributed by atoms with Gasteiger partial charge in [0.25, 0.3) is 5.56 Å². The highest BCUT2D eigenvalue weighted by molar-refractivity contribution is 5.57. The van der Waals surface area contributed by atoms with Crippen LogP contribution in [0.25, 0.3) is 0 Å². The molecule has 0 atom stereocenters. The van der Waals surface area contributed by atoms with Gasteiger partial charge in [0.2, 0.25) is 0 Å². The third-order valence-corrected chi connectivity index (χ3v) is 3.32. The van der Waals surface area contributed by atoms with Gasteiger partial charge in [-0.2, -0.15) is 5.26 Å². The lowest BCUT2D eigenvalue weighted by Gasteiger charge is -2.15. The topological polar surface area (TPSA) is 87.2 Å². The number of rotatable bonds is 3. The van der Waals surface area contributed by atoms with E-state index < -0.39 is 5.56 Å². The van der Waals surface area contributed by atoms with Gasteiger partial charge in [0.05, 0.1) is 11.4 Å². The fourth-order valence-electron chi connectivity index (χ4n) is 2.08. The predicted octanol–water partition coefficient (Wildman–Crippen LogP) is 2.92. The lowest BCUT2D eigenvalue weighted by Crippen LogP contribution is -2.31. The van der Waals surface area contributed by atoms with Gasteiger partial charge in [0, 0.05) is 5.56 Å². The first-order valence-electron chi connectivity index (χ1n) is 6.33.